The Morgan fingerprint density at radius 1 is 1.21 bits per heavy atom. The molecule has 0 atom stereocenters. The minimum Gasteiger partial charge on any atom is -0.330 e. The summed E-state index contributed by atoms with van der Waals surface area (Å²) in [7, 11) is 0. The topological polar surface area (TPSA) is 27.1 Å². The van der Waals surface area contributed by atoms with Gasteiger partial charge in [-0.05, 0) is 18.6 Å². The summed E-state index contributed by atoms with van der Waals surface area (Å²) in [5, 5.41) is 7.58. The SMILES string of the molecule is N=C1CCCN1c1ccc(F)c(F)c1. The molecule has 2 rings (SSSR count). The van der Waals surface area contributed by atoms with Crippen LogP contribution in [-0.2, 0) is 0 Å². The van der Waals surface area contributed by atoms with Gasteiger partial charge in [0.1, 0.15) is 5.84 Å². The third-order valence-electron chi connectivity index (χ3n) is 2.34. The molecule has 2 nitrogen and oxygen atoms in total. The average Bonchev–Trinajstić information content (AvgIpc) is 2.57. The van der Waals surface area contributed by atoms with E-state index in [1.807, 2.05) is 0 Å². The Bertz CT molecular complexity index is 376. The van der Waals surface area contributed by atoms with Crippen molar-refractivity contribution >= 4 is 11.5 Å². The molecule has 1 fully saturated rings. The first-order valence-corrected chi connectivity index (χ1v) is 4.48. The quantitative estimate of drug-likeness (QED) is 0.734. The highest BCUT2D eigenvalue weighted by atomic mass is 19.2. The molecular weight excluding hydrogens is 186 g/mol. The summed E-state index contributed by atoms with van der Waals surface area (Å²) in [6.07, 6.45) is 1.61. The second-order valence-corrected chi connectivity index (χ2v) is 3.30. The molecule has 0 spiro atoms. The molecule has 74 valence electrons. The van der Waals surface area contributed by atoms with Gasteiger partial charge in [-0.1, -0.05) is 0 Å². The van der Waals surface area contributed by atoms with E-state index in [9.17, 15) is 8.78 Å². The van der Waals surface area contributed by atoms with E-state index in [0.717, 1.165) is 18.6 Å². The summed E-state index contributed by atoms with van der Waals surface area (Å²) in [6.45, 7) is 0.712. The number of hydrogen-bond acceptors (Lipinski definition) is 1. The molecule has 0 amide bonds. The van der Waals surface area contributed by atoms with Gasteiger partial charge in [0.15, 0.2) is 11.6 Å². The molecule has 1 aliphatic rings. The van der Waals surface area contributed by atoms with Crippen LogP contribution in [0.4, 0.5) is 14.5 Å². The second-order valence-electron chi connectivity index (χ2n) is 3.30. The first kappa shape index (κ1) is 9.12. The zero-order valence-corrected chi connectivity index (χ0v) is 7.56. The van der Waals surface area contributed by atoms with Gasteiger partial charge >= 0.3 is 0 Å². The largest absolute Gasteiger partial charge is 0.330 e. The van der Waals surface area contributed by atoms with Crippen LogP contribution in [0.3, 0.4) is 0 Å². The van der Waals surface area contributed by atoms with Crippen molar-refractivity contribution in [1.29, 1.82) is 5.41 Å². The Balaban J connectivity index is 2.32. The lowest BCUT2D eigenvalue weighted by Gasteiger charge is -2.17. The molecule has 14 heavy (non-hydrogen) atoms. The van der Waals surface area contributed by atoms with Crippen LogP contribution in [0, 0.1) is 17.0 Å². The lowest BCUT2D eigenvalue weighted by molar-refractivity contribution is 0.509. The summed E-state index contributed by atoms with van der Waals surface area (Å²) in [5.41, 5.74) is 0.561. The van der Waals surface area contributed by atoms with E-state index in [1.54, 1.807) is 4.90 Å². The minimum absolute atomic E-state index is 0.469. The molecule has 1 heterocycles. The Morgan fingerprint density at radius 3 is 2.57 bits per heavy atom. The van der Waals surface area contributed by atoms with E-state index in [-0.39, 0.29) is 0 Å². The van der Waals surface area contributed by atoms with Crippen molar-refractivity contribution in [2.45, 2.75) is 12.8 Å². The number of amidine groups is 1. The minimum atomic E-state index is -0.859. The maximum absolute atomic E-state index is 12.9. The summed E-state index contributed by atoms with van der Waals surface area (Å²) >= 11 is 0. The maximum atomic E-state index is 12.9. The van der Waals surface area contributed by atoms with Crippen LogP contribution in [0.25, 0.3) is 0 Å². The molecule has 1 N–H and O–H groups in total. The number of halogens is 2. The smallest absolute Gasteiger partial charge is 0.160 e. The van der Waals surface area contributed by atoms with Gasteiger partial charge in [0, 0.05) is 24.7 Å². The third kappa shape index (κ3) is 1.47. The Morgan fingerprint density at radius 2 is 2.00 bits per heavy atom. The molecule has 1 aliphatic heterocycles. The number of anilines is 1. The molecule has 0 aromatic heterocycles. The molecule has 1 saturated heterocycles. The maximum Gasteiger partial charge on any atom is 0.160 e. The zero-order chi connectivity index (χ0) is 10.1. The normalized spacial score (nSPS) is 16.4. The highest BCUT2D eigenvalue weighted by Crippen LogP contribution is 2.22. The first-order valence-electron chi connectivity index (χ1n) is 4.48. The summed E-state index contributed by atoms with van der Waals surface area (Å²) in [6, 6.07) is 3.73. The zero-order valence-electron chi connectivity index (χ0n) is 7.56. The van der Waals surface area contributed by atoms with E-state index in [4.69, 9.17) is 5.41 Å². The standard InChI is InChI=1S/C10H10F2N2/c11-8-4-3-7(6-9(8)12)14-5-1-2-10(14)13/h3-4,6,13H,1-2,5H2. The summed E-state index contributed by atoms with van der Waals surface area (Å²) in [4.78, 5) is 1.70. The highest BCUT2D eigenvalue weighted by Gasteiger charge is 2.19. The van der Waals surface area contributed by atoms with Crippen LogP contribution >= 0.6 is 0 Å². The Labute approximate surface area is 80.7 Å². The molecular formula is C10H10F2N2. The van der Waals surface area contributed by atoms with E-state index >= 15 is 0 Å². The lowest BCUT2D eigenvalue weighted by Crippen LogP contribution is -2.23. The van der Waals surface area contributed by atoms with Crippen molar-refractivity contribution in [2.24, 2.45) is 0 Å². The van der Waals surface area contributed by atoms with E-state index in [1.165, 1.54) is 6.07 Å². The molecule has 1 aromatic rings. The second kappa shape index (κ2) is 3.36. The lowest BCUT2D eigenvalue weighted by atomic mass is 10.3. The van der Waals surface area contributed by atoms with Gasteiger partial charge in [0.25, 0.3) is 0 Å². The van der Waals surface area contributed by atoms with E-state index < -0.39 is 11.6 Å². The van der Waals surface area contributed by atoms with Crippen LogP contribution in [0.1, 0.15) is 12.8 Å². The van der Waals surface area contributed by atoms with Gasteiger partial charge in [-0.2, -0.15) is 0 Å². The van der Waals surface area contributed by atoms with Crippen molar-refractivity contribution in [3.63, 3.8) is 0 Å². The number of rotatable bonds is 1. The number of nitrogens with one attached hydrogen (secondary N) is 1. The van der Waals surface area contributed by atoms with Gasteiger partial charge in [0.05, 0.1) is 0 Å². The van der Waals surface area contributed by atoms with Crippen LogP contribution in [0.15, 0.2) is 18.2 Å². The van der Waals surface area contributed by atoms with Gasteiger partial charge in [-0.3, -0.25) is 5.41 Å². The Hall–Kier alpha value is -1.45. The van der Waals surface area contributed by atoms with Crippen LogP contribution in [-0.4, -0.2) is 12.4 Å². The Kier molecular flexibility index (Phi) is 2.19. The summed E-state index contributed by atoms with van der Waals surface area (Å²) in [5.74, 6) is -1.24. The van der Waals surface area contributed by atoms with Crippen LogP contribution in [0.2, 0.25) is 0 Å². The van der Waals surface area contributed by atoms with Gasteiger partial charge in [0.2, 0.25) is 0 Å². The van der Waals surface area contributed by atoms with Crippen molar-refractivity contribution in [3.8, 4) is 0 Å². The summed E-state index contributed by atoms with van der Waals surface area (Å²) < 4.78 is 25.5. The van der Waals surface area contributed by atoms with E-state index in [0.29, 0.717) is 24.5 Å². The predicted octanol–water partition coefficient (Wildman–Crippen LogP) is 2.54. The molecule has 0 aliphatic carbocycles. The van der Waals surface area contributed by atoms with Crippen LogP contribution in [0.5, 0.6) is 0 Å². The van der Waals surface area contributed by atoms with Crippen molar-refractivity contribution in [2.75, 3.05) is 11.4 Å². The van der Waals surface area contributed by atoms with Crippen molar-refractivity contribution < 1.29 is 8.78 Å². The first-order chi connectivity index (χ1) is 6.68. The van der Waals surface area contributed by atoms with Crippen molar-refractivity contribution in [3.05, 3.63) is 29.8 Å². The fourth-order valence-electron chi connectivity index (χ4n) is 1.61. The van der Waals surface area contributed by atoms with E-state index in [2.05, 4.69) is 0 Å². The molecule has 0 bridgehead atoms. The van der Waals surface area contributed by atoms with Crippen LogP contribution < -0.4 is 4.90 Å². The highest BCUT2D eigenvalue weighted by molar-refractivity contribution is 5.97. The fourth-order valence-corrected chi connectivity index (χ4v) is 1.61. The molecule has 0 radical (unpaired) electrons. The molecule has 4 heteroatoms. The monoisotopic (exact) mass is 196 g/mol. The molecule has 0 saturated carbocycles. The number of hydrogen-bond donors (Lipinski definition) is 1. The van der Waals surface area contributed by atoms with Gasteiger partial charge < -0.3 is 4.90 Å². The number of benzene rings is 1. The van der Waals surface area contributed by atoms with Gasteiger partial charge in [-0.25, -0.2) is 8.78 Å². The number of nitrogens with zero attached hydrogens (tertiary/aromatic N) is 1. The molecule has 1 aromatic carbocycles. The average molecular weight is 196 g/mol. The fraction of sp³-hybridized carbons (Fsp3) is 0.300. The van der Waals surface area contributed by atoms with Gasteiger partial charge in [-0.15, -0.1) is 0 Å². The predicted molar refractivity (Wildman–Crippen MR) is 50.7 cm³/mol. The molecule has 0 unspecified atom stereocenters. The van der Waals surface area contributed by atoms with Crippen molar-refractivity contribution in [1.82, 2.24) is 0 Å². The third-order valence-corrected chi connectivity index (χ3v) is 2.34.